The number of carbonyl (C=O) groups excluding carboxylic acids is 1. The molecule has 0 aliphatic heterocycles. The zero-order valence-electron chi connectivity index (χ0n) is 11.0. The lowest BCUT2D eigenvalue weighted by molar-refractivity contribution is 0.250. The van der Waals surface area contributed by atoms with Crippen LogP contribution >= 0.6 is 15.9 Å². The summed E-state index contributed by atoms with van der Waals surface area (Å²) in [6, 6.07) is 4.78. The zero-order chi connectivity index (χ0) is 14.4. The fraction of sp³-hybridized carbons (Fsp3) is 0.417. The predicted octanol–water partition coefficient (Wildman–Crippen LogP) is 2.35. The lowest BCUT2D eigenvalue weighted by Gasteiger charge is -2.14. The van der Waals surface area contributed by atoms with Gasteiger partial charge in [0.25, 0.3) is 0 Å². The highest BCUT2D eigenvalue weighted by atomic mass is 79.9. The van der Waals surface area contributed by atoms with E-state index in [0.717, 1.165) is 4.47 Å². The standard InChI is InChI=1S/C12H17BrN2O3S/c1-8(7-19(3)17)14-12(16)15-11-5-4-9(18-2)6-10(11)13/h4-6,8H,7H2,1-3H3,(H2,14,15,16). The second-order valence-corrected chi connectivity index (χ2v) is 6.42. The van der Waals surface area contributed by atoms with Crippen LogP contribution in [0.1, 0.15) is 6.92 Å². The summed E-state index contributed by atoms with van der Waals surface area (Å²) in [6.45, 7) is 1.81. The van der Waals surface area contributed by atoms with Crippen molar-refractivity contribution in [3.05, 3.63) is 22.7 Å². The Balaban J connectivity index is 2.59. The SMILES string of the molecule is COc1ccc(NC(=O)NC(C)CS(C)=O)c(Br)c1. The van der Waals surface area contributed by atoms with Gasteiger partial charge in [-0.05, 0) is 41.1 Å². The molecule has 106 valence electrons. The molecule has 2 unspecified atom stereocenters. The first-order valence-corrected chi connectivity index (χ1v) is 8.15. The molecule has 2 amide bonds. The Morgan fingerprint density at radius 2 is 2.21 bits per heavy atom. The molecule has 0 fully saturated rings. The summed E-state index contributed by atoms with van der Waals surface area (Å²) in [4.78, 5) is 11.7. The van der Waals surface area contributed by atoms with E-state index in [-0.39, 0.29) is 12.1 Å². The number of anilines is 1. The molecule has 1 aromatic rings. The van der Waals surface area contributed by atoms with E-state index >= 15 is 0 Å². The number of urea groups is 1. The molecular weight excluding hydrogens is 332 g/mol. The van der Waals surface area contributed by atoms with Gasteiger partial charge in [-0.1, -0.05) is 0 Å². The lowest BCUT2D eigenvalue weighted by Crippen LogP contribution is -2.39. The van der Waals surface area contributed by atoms with Gasteiger partial charge in [-0.3, -0.25) is 4.21 Å². The van der Waals surface area contributed by atoms with E-state index < -0.39 is 10.8 Å². The van der Waals surface area contributed by atoms with E-state index in [0.29, 0.717) is 17.2 Å². The molecule has 19 heavy (non-hydrogen) atoms. The van der Waals surface area contributed by atoms with Crippen LogP contribution in [0.5, 0.6) is 5.75 Å². The molecule has 0 aliphatic carbocycles. The van der Waals surface area contributed by atoms with Gasteiger partial charge in [-0.2, -0.15) is 0 Å². The van der Waals surface area contributed by atoms with Gasteiger partial charge in [0.05, 0.1) is 12.8 Å². The molecule has 0 radical (unpaired) electrons. The van der Waals surface area contributed by atoms with Crippen LogP contribution in [0.2, 0.25) is 0 Å². The normalized spacial score (nSPS) is 13.5. The van der Waals surface area contributed by atoms with Crippen molar-refractivity contribution in [1.29, 1.82) is 0 Å². The summed E-state index contributed by atoms with van der Waals surface area (Å²) >= 11 is 3.35. The van der Waals surface area contributed by atoms with E-state index in [2.05, 4.69) is 26.6 Å². The molecule has 2 N–H and O–H groups in total. The maximum atomic E-state index is 11.7. The van der Waals surface area contributed by atoms with Crippen molar-refractivity contribution in [3.63, 3.8) is 0 Å². The molecule has 0 bridgehead atoms. The van der Waals surface area contributed by atoms with Gasteiger partial charge in [0, 0.05) is 33.3 Å². The number of methoxy groups -OCH3 is 1. The average molecular weight is 349 g/mol. The van der Waals surface area contributed by atoms with Crippen LogP contribution < -0.4 is 15.4 Å². The van der Waals surface area contributed by atoms with Gasteiger partial charge < -0.3 is 15.4 Å². The zero-order valence-corrected chi connectivity index (χ0v) is 13.4. The Morgan fingerprint density at radius 1 is 1.53 bits per heavy atom. The van der Waals surface area contributed by atoms with E-state index in [1.807, 2.05) is 6.92 Å². The van der Waals surface area contributed by atoms with Gasteiger partial charge in [0.1, 0.15) is 5.75 Å². The topological polar surface area (TPSA) is 67.4 Å². The van der Waals surface area contributed by atoms with Crippen LogP contribution in [0.15, 0.2) is 22.7 Å². The molecule has 1 aromatic carbocycles. The number of hydrogen-bond donors (Lipinski definition) is 2. The van der Waals surface area contributed by atoms with Crippen molar-refractivity contribution in [2.75, 3.05) is 24.4 Å². The van der Waals surface area contributed by atoms with E-state index in [9.17, 15) is 9.00 Å². The number of hydrogen-bond acceptors (Lipinski definition) is 3. The number of benzene rings is 1. The molecular formula is C12H17BrN2O3S. The number of amides is 2. The molecule has 7 heteroatoms. The van der Waals surface area contributed by atoms with E-state index in [1.165, 1.54) is 0 Å². The highest BCUT2D eigenvalue weighted by Gasteiger charge is 2.10. The monoisotopic (exact) mass is 348 g/mol. The predicted molar refractivity (Wildman–Crippen MR) is 81.2 cm³/mol. The second-order valence-electron chi connectivity index (χ2n) is 4.09. The molecule has 2 atom stereocenters. The van der Waals surface area contributed by atoms with Crippen LogP contribution in [0.3, 0.4) is 0 Å². The summed E-state index contributed by atoms with van der Waals surface area (Å²) in [6.07, 6.45) is 1.61. The summed E-state index contributed by atoms with van der Waals surface area (Å²) in [5, 5.41) is 5.43. The van der Waals surface area contributed by atoms with Crippen molar-refractivity contribution in [1.82, 2.24) is 5.32 Å². The molecule has 1 rings (SSSR count). The molecule has 0 aromatic heterocycles. The Bertz CT molecular complexity index is 482. The average Bonchev–Trinajstić information content (AvgIpc) is 2.30. The summed E-state index contributed by atoms with van der Waals surface area (Å²) in [5.74, 6) is 1.13. The van der Waals surface area contributed by atoms with Gasteiger partial charge >= 0.3 is 6.03 Å². The number of halogens is 1. The van der Waals surface area contributed by atoms with Crippen LogP contribution in [-0.4, -0.2) is 35.4 Å². The van der Waals surface area contributed by atoms with Gasteiger partial charge in [0.2, 0.25) is 0 Å². The van der Waals surface area contributed by atoms with Crippen LogP contribution in [0, 0.1) is 0 Å². The Hall–Kier alpha value is -1.08. The second kappa shape index (κ2) is 7.49. The minimum atomic E-state index is -0.936. The first-order valence-electron chi connectivity index (χ1n) is 5.63. The van der Waals surface area contributed by atoms with Crippen LogP contribution in [0.4, 0.5) is 10.5 Å². The Morgan fingerprint density at radius 3 is 2.74 bits per heavy atom. The third kappa shape index (κ3) is 5.61. The van der Waals surface area contributed by atoms with Crippen molar-refractivity contribution < 1.29 is 13.7 Å². The van der Waals surface area contributed by atoms with Crippen molar-refractivity contribution in [2.24, 2.45) is 0 Å². The number of nitrogens with one attached hydrogen (secondary N) is 2. The van der Waals surface area contributed by atoms with Crippen molar-refractivity contribution in [3.8, 4) is 5.75 Å². The first kappa shape index (κ1) is 16.0. The lowest BCUT2D eigenvalue weighted by atomic mass is 10.3. The third-order valence-corrected chi connectivity index (χ3v) is 3.91. The van der Waals surface area contributed by atoms with Crippen LogP contribution in [0.25, 0.3) is 0 Å². The number of rotatable bonds is 5. The fourth-order valence-corrected chi connectivity index (χ4v) is 2.74. The molecule has 0 spiro atoms. The largest absolute Gasteiger partial charge is 0.497 e. The molecule has 5 nitrogen and oxygen atoms in total. The highest BCUT2D eigenvalue weighted by Crippen LogP contribution is 2.26. The van der Waals surface area contributed by atoms with Gasteiger partial charge in [-0.25, -0.2) is 4.79 Å². The van der Waals surface area contributed by atoms with E-state index in [4.69, 9.17) is 4.74 Å². The molecule has 0 aliphatic rings. The quantitative estimate of drug-likeness (QED) is 0.858. The van der Waals surface area contributed by atoms with Crippen molar-refractivity contribution >= 4 is 38.4 Å². The Kier molecular flexibility index (Phi) is 6.30. The van der Waals surface area contributed by atoms with Crippen molar-refractivity contribution in [2.45, 2.75) is 13.0 Å². The highest BCUT2D eigenvalue weighted by molar-refractivity contribution is 9.10. The third-order valence-electron chi connectivity index (χ3n) is 2.29. The van der Waals surface area contributed by atoms with Crippen LogP contribution in [-0.2, 0) is 10.8 Å². The molecule has 0 heterocycles. The number of ether oxygens (including phenoxy) is 1. The molecule has 0 saturated carbocycles. The van der Waals surface area contributed by atoms with Gasteiger partial charge in [-0.15, -0.1) is 0 Å². The minimum absolute atomic E-state index is 0.150. The maximum Gasteiger partial charge on any atom is 0.319 e. The maximum absolute atomic E-state index is 11.7. The summed E-state index contributed by atoms with van der Waals surface area (Å²) in [5.41, 5.74) is 0.642. The molecule has 0 saturated heterocycles. The summed E-state index contributed by atoms with van der Waals surface area (Å²) in [7, 11) is 0.642. The summed E-state index contributed by atoms with van der Waals surface area (Å²) < 4.78 is 16.8. The Labute approximate surface area is 123 Å². The smallest absolute Gasteiger partial charge is 0.319 e. The first-order chi connectivity index (χ1) is 8.92. The number of carbonyl (C=O) groups is 1. The minimum Gasteiger partial charge on any atom is -0.497 e. The fourth-order valence-electron chi connectivity index (χ4n) is 1.50. The van der Waals surface area contributed by atoms with E-state index in [1.54, 1.807) is 31.6 Å². The van der Waals surface area contributed by atoms with Gasteiger partial charge in [0.15, 0.2) is 0 Å².